The summed E-state index contributed by atoms with van der Waals surface area (Å²) in [4.78, 5) is 0. The summed E-state index contributed by atoms with van der Waals surface area (Å²) in [5.41, 5.74) is 0. The van der Waals surface area contributed by atoms with Gasteiger partial charge in [0.2, 0.25) is 0 Å². The molecule has 0 aliphatic carbocycles. The van der Waals surface area contributed by atoms with Gasteiger partial charge >= 0.3 is 0 Å². The Kier molecular flexibility index (Phi) is 1.08. The summed E-state index contributed by atoms with van der Waals surface area (Å²) in [5.74, 6) is 0.516. The predicted octanol–water partition coefficient (Wildman–Crippen LogP) is 1.63. The zero-order valence-electron chi connectivity index (χ0n) is 4.29. The molecule has 0 aromatic carbocycles. The van der Waals surface area contributed by atoms with Gasteiger partial charge in [-0.15, -0.1) is 0 Å². The van der Waals surface area contributed by atoms with Gasteiger partial charge in [-0.1, -0.05) is 6.58 Å². The standard InChI is InChI=1S/C6H6O2/c1-2-5-3-4-6(7)8-5/h2-4,7H,1H2. The fourth-order valence-corrected chi connectivity index (χ4v) is 0.452. The molecule has 1 N–H and O–H groups in total. The lowest BCUT2D eigenvalue weighted by atomic mass is 10.4. The Bertz CT molecular complexity index is 188. The summed E-state index contributed by atoms with van der Waals surface area (Å²) in [5, 5.41) is 8.57. The van der Waals surface area contributed by atoms with Crippen molar-refractivity contribution in [3.63, 3.8) is 0 Å². The van der Waals surface area contributed by atoms with E-state index in [-0.39, 0.29) is 5.95 Å². The highest BCUT2D eigenvalue weighted by Crippen LogP contribution is 2.13. The Morgan fingerprint density at radius 1 is 1.62 bits per heavy atom. The second kappa shape index (κ2) is 1.74. The van der Waals surface area contributed by atoms with Gasteiger partial charge in [0.15, 0.2) is 0 Å². The molecule has 0 aliphatic heterocycles. The van der Waals surface area contributed by atoms with Crippen molar-refractivity contribution in [3.05, 3.63) is 24.5 Å². The first-order valence-electron chi connectivity index (χ1n) is 2.24. The van der Waals surface area contributed by atoms with Crippen LogP contribution in [0.4, 0.5) is 0 Å². The maximum atomic E-state index is 8.57. The normalized spacial score (nSPS) is 9.00. The van der Waals surface area contributed by atoms with Crippen LogP contribution >= 0.6 is 0 Å². The van der Waals surface area contributed by atoms with Gasteiger partial charge in [0.25, 0.3) is 5.95 Å². The van der Waals surface area contributed by atoms with Gasteiger partial charge in [0.05, 0.1) is 0 Å². The van der Waals surface area contributed by atoms with Crippen molar-refractivity contribution in [1.29, 1.82) is 0 Å². The summed E-state index contributed by atoms with van der Waals surface area (Å²) in [6.45, 7) is 3.44. The lowest BCUT2D eigenvalue weighted by Crippen LogP contribution is -1.52. The van der Waals surface area contributed by atoms with E-state index in [4.69, 9.17) is 5.11 Å². The van der Waals surface area contributed by atoms with Crippen LogP contribution in [-0.4, -0.2) is 5.11 Å². The maximum Gasteiger partial charge on any atom is 0.282 e. The Morgan fingerprint density at radius 3 is 2.62 bits per heavy atom. The SMILES string of the molecule is C=Cc1ccc(O)o1. The van der Waals surface area contributed by atoms with E-state index in [0.29, 0.717) is 5.76 Å². The van der Waals surface area contributed by atoms with E-state index >= 15 is 0 Å². The molecule has 1 heterocycles. The summed E-state index contributed by atoms with van der Waals surface area (Å²) in [6, 6.07) is 3.11. The molecule has 0 saturated heterocycles. The van der Waals surface area contributed by atoms with Gasteiger partial charge in [-0.05, 0) is 12.1 Å². The molecule has 0 radical (unpaired) electrons. The highest BCUT2D eigenvalue weighted by molar-refractivity contribution is 5.40. The molecule has 0 fully saturated rings. The zero-order chi connectivity index (χ0) is 5.98. The van der Waals surface area contributed by atoms with Crippen LogP contribution < -0.4 is 0 Å². The molecule has 2 nitrogen and oxygen atoms in total. The number of furan rings is 1. The van der Waals surface area contributed by atoms with Gasteiger partial charge in [0, 0.05) is 6.07 Å². The van der Waals surface area contributed by atoms with Crippen molar-refractivity contribution < 1.29 is 9.52 Å². The quantitative estimate of drug-likeness (QED) is 0.596. The summed E-state index contributed by atoms with van der Waals surface area (Å²) in [7, 11) is 0. The third-order valence-corrected chi connectivity index (χ3v) is 0.814. The van der Waals surface area contributed by atoms with E-state index in [1.165, 1.54) is 12.1 Å². The first-order chi connectivity index (χ1) is 3.83. The van der Waals surface area contributed by atoms with E-state index in [9.17, 15) is 0 Å². The van der Waals surface area contributed by atoms with Crippen LogP contribution in [0.1, 0.15) is 5.76 Å². The molecule has 1 aromatic rings. The molecule has 0 amide bonds. The van der Waals surface area contributed by atoms with Crippen molar-refractivity contribution in [2.45, 2.75) is 0 Å². The molecule has 0 spiro atoms. The molecule has 0 aliphatic rings. The van der Waals surface area contributed by atoms with E-state index in [2.05, 4.69) is 11.0 Å². The number of hydrogen-bond acceptors (Lipinski definition) is 2. The zero-order valence-corrected chi connectivity index (χ0v) is 4.29. The van der Waals surface area contributed by atoms with Crippen LogP contribution in [0, 0.1) is 0 Å². The van der Waals surface area contributed by atoms with Crippen molar-refractivity contribution in [2.24, 2.45) is 0 Å². The van der Waals surface area contributed by atoms with E-state index in [1.807, 2.05) is 0 Å². The van der Waals surface area contributed by atoms with Crippen molar-refractivity contribution in [2.75, 3.05) is 0 Å². The molecular weight excluding hydrogens is 104 g/mol. The van der Waals surface area contributed by atoms with E-state index < -0.39 is 0 Å². The van der Waals surface area contributed by atoms with Crippen LogP contribution in [-0.2, 0) is 0 Å². The molecule has 1 aromatic heterocycles. The highest BCUT2D eigenvalue weighted by atomic mass is 16.5. The van der Waals surface area contributed by atoms with Crippen LogP contribution in [0.15, 0.2) is 23.1 Å². The topological polar surface area (TPSA) is 33.4 Å². The van der Waals surface area contributed by atoms with E-state index in [0.717, 1.165) is 0 Å². The van der Waals surface area contributed by atoms with Crippen LogP contribution in [0.25, 0.3) is 6.08 Å². The third kappa shape index (κ3) is 0.729. The number of hydrogen-bond donors (Lipinski definition) is 1. The molecule has 0 bridgehead atoms. The summed E-state index contributed by atoms with van der Waals surface area (Å²) in [6.07, 6.45) is 1.53. The molecule has 8 heavy (non-hydrogen) atoms. The van der Waals surface area contributed by atoms with Gasteiger partial charge < -0.3 is 9.52 Å². The lowest BCUT2D eigenvalue weighted by molar-refractivity contribution is 0.330. The van der Waals surface area contributed by atoms with Crippen molar-refractivity contribution >= 4 is 6.08 Å². The van der Waals surface area contributed by atoms with Crippen LogP contribution in [0.3, 0.4) is 0 Å². The largest absolute Gasteiger partial charge is 0.481 e. The second-order valence-electron chi connectivity index (χ2n) is 1.38. The average Bonchev–Trinajstić information content (AvgIpc) is 2.14. The minimum atomic E-state index is -0.0695. The minimum absolute atomic E-state index is 0.0695. The first-order valence-corrected chi connectivity index (χ1v) is 2.24. The van der Waals surface area contributed by atoms with Crippen LogP contribution in [0.5, 0.6) is 5.95 Å². The summed E-state index contributed by atoms with van der Waals surface area (Å²) < 4.78 is 4.67. The Labute approximate surface area is 47.1 Å². The molecule has 42 valence electrons. The van der Waals surface area contributed by atoms with Gasteiger partial charge in [-0.2, -0.15) is 0 Å². The molecule has 1 rings (SSSR count). The van der Waals surface area contributed by atoms with Gasteiger partial charge in [-0.25, -0.2) is 0 Å². The van der Waals surface area contributed by atoms with Crippen molar-refractivity contribution in [1.82, 2.24) is 0 Å². The number of aromatic hydroxyl groups is 1. The molecule has 0 unspecified atom stereocenters. The molecule has 0 saturated carbocycles. The number of rotatable bonds is 1. The average molecular weight is 110 g/mol. The maximum absolute atomic E-state index is 8.57. The fraction of sp³-hybridized carbons (Fsp3) is 0. The van der Waals surface area contributed by atoms with Gasteiger partial charge in [0.1, 0.15) is 5.76 Å². The third-order valence-electron chi connectivity index (χ3n) is 0.814. The molecular formula is C6H6O2. The minimum Gasteiger partial charge on any atom is -0.481 e. The fourth-order valence-electron chi connectivity index (χ4n) is 0.452. The Balaban J connectivity index is 3.00. The smallest absolute Gasteiger partial charge is 0.282 e. The van der Waals surface area contributed by atoms with Gasteiger partial charge in [-0.3, -0.25) is 0 Å². The monoisotopic (exact) mass is 110 g/mol. The summed E-state index contributed by atoms with van der Waals surface area (Å²) >= 11 is 0. The lowest BCUT2D eigenvalue weighted by Gasteiger charge is -1.77. The van der Waals surface area contributed by atoms with Crippen LogP contribution in [0.2, 0.25) is 0 Å². The predicted molar refractivity (Wildman–Crippen MR) is 30.5 cm³/mol. The molecule has 0 atom stereocenters. The van der Waals surface area contributed by atoms with Crippen molar-refractivity contribution in [3.8, 4) is 5.95 Å². The second-order valence-corrected chi connectivity index (χ2v) is 1.38. The first kappa shape index (κ1) is 4.97. The Hall–Kier alpha value is -1.18. The van der Waals surface area contributed by atoms with E-state index in [1.54, 1.807) is 6.07 Å². The molecule has 2 heteroatoms. The highest BCUT2D eigenvalue weighted by Gasteiger charge is 1.91. The Morgan fingerprint density at radius 2 is 2.38 bits per heavy atom.